The van der Waals surface area contributed by atoms with E-state index in [1.165, 1.54) is 11.8 Å². The molecule has 1 aliphatic rings. The first-order valence-corrected chi connectivity index (χ1v) is 14.6. The van der Waals surface area contributed by atoms with Crippen LogP contribution in [0.5, 0.6) is 0 Å². The maximum atomic E-state index is 13.6. The Bertz CT molecular complexity index is 1460. The first-order valence-electron chi connectivity index (χ1n) is 14.6. The summed E-state index contributed by atoms with van der Waals surface area (Å²) < 4.78 is 0. The van der Waals surface area contributed by atoms with Crippen LogP contribution in [0.2, 0.25) is 0 Å². The number of benzene rings is 2. The molecular formula is C32H38N6O5. The molecule has 11 nitrogen and oxygen atoms in total. The molecule has 0 unspecified atom stereocenters. The highest BCUT2D eigenvalue weighted by atomic mass is 16.2. The second-order valence-corrected chi connectivity index (χ2v) is 10.8. The van der Waals surface area contributed by atoms with Gasteiger partial charge in [-0.3, -0.25) is 29.0 Å². The Morgan fingerprint density at radius 1 is 0.953 bits per heavy atom. The lowest BCUT2D eigenvalue weighted by Crippen LogP contribution is -2.56. The topological polar surface area (TPSA) is 164 Å². The van der Waals surface area contributed by atoms with Crippen molar-refractivity contribution in [2.75, 3.05) is 13.1 Å². The number of hydrogen-bond acceptors (Lipinski definition) is 6. The van der Waals surface area contributed by atoms with Crippen LogP contribution in [0, 0.1) is 0 Å². The van der Waals surface area contributed by atoms with Gasteiger partial charge in [0.1, 0.15) is 23.8 Å². The molecule has 3 atom stereocenters. The van der Waals surface area contributed by atoms with Crippen LogP contribution in [0.4, 0.5) is 0 Å². The van der Waals surface area contributed by atoms with Gasteiger partial charge in [0.15, 0.2) is 0 Å². The lowest BCUT2D eigenvalue weighted by atomic mass is 10.00. The molecule has 1 aromatic heterocycles. The number of nitrogens with zero attached hydrogens (tertiary/aromatic N) is 2. The van der Waals surface area contributed by atoms with E-state index in [1.54, 1.807) is 24.4 Å². The summed E-state index contributed by atoms with van der Waals surface area (Å²) in [5.41, 5.74) is 6.72. The van der Waals surface area contributed by atoms with Crippen LogP contribution in [0.1, 0.15) is 55.1 Å². The van der Waals surface area contributed by atoms with Gasteiger partial charge in [0.05, 0.1) is 0 Å². The smallest absolute Gasteiger partial charge is 0.269 e. The SMILES string of the molecule is CC(=O)N[C@@H](Cc1ccc2ccccc2c1)C(=O)N[C@@H](CCCCNC(=O)c1ccccn1)C(=O)N1CCC[C@H]1C(N)=O. The predicted molar refractivity (Wildman–Crippen MR) is 162 cm³/mol. The van der Waals surface area contributed by atoms with Gasteiger partial charge in [-0.05, 0) is 60.6 Å². The molecule has 1 saturated heterocycles. The van der Waals surface area contributed by atoms with E-state index in [0.717, 1.165) is 16.3 Å². The molecule has 3 aromatic rings. The number of carbonyl (C=O) groups is 5. The number of carbonyl (C=O) groups excluding carboxylic acids is 5. The van der Waals surface area contributed by atoms with Crippen molar-refractivity contribution in [2.45, 2.75) is 63.6 Å². The molecule has 0 saturated carbocycles. The highest BCUT2D eigenvalue weighted by Gasteiger charge is 2.37. The number of rotatable bonds is 13. The molecule has 11 heteroatoms. The van der Waals surface area contributed by atoms with Gasteiger partial charge in [-0.1, -0.05) is 48.5 Å². The van der Waals surface area contributed by atoms with Crippen LogP contribution in [0.3, 0.4) is 0 Å². The number of pyridine rings is 1. The number of unbranched alkanes of at least 4 members (excludes halogenated alkanes) is 1. The Labute approximate surface area is 250 Å². The summed E-state index contributed by atoms with van der Waals surface area (Å²) in [5.74, 6) is -2.14. The number of fused-ring (bicyclic) bond motifs is 1. The van der Waals surface area contributed by atoms with Crippen LogP contribution in [0.15, 0.2) is 66.9 Å². The van der Waals surface area contributed by atoms with Crippen LogP contribution in [0.25, 0.3) is 10.8 Å². The number of nitrogens with one attached hydrogen (secondary N) is 3. The summed E-state index contributed by atoms with van der Waals surface area (Å²) in [4.78, 5) is 69.0. The molecule has 1 aliphatic heterocycles. The quantitative estimate of drug-likeness (QED) is 0.223. The summed E-state index contributed by atoms with van der Waals surface area (Å²) in [5, 5.41) is 10.4. The van der Waals surface area contributed by atoms with Gasteiger partial charge >= 0.3 is 0 Å². The minimum atomic E-state index is -0.938. The Balaban J connectivity index is 1.44. The molecule has 0 radical (unpaired) electrons. The Morgan fingerprint density at radius 3 is 2.44 bits per heavy atom. The van der Waals surface area contributed by atoms with Crippen LogP contribution < -0.4 is 21.7 Å². The second-order valence-electron chi connectivity index (χ2n) is 10.8. The molecule has 1 fully saturated rings. The third-order valence-corrected chi connectivity index (χ3v) is 7.53. The fraction of sp³-hybridized carbons (Fsp3) is 0.375. The van der Waals surface area contributed by atoms with Crippen LogP contribution in [-0.4, -0.2) is 70.6 Å². The molecule has 0 aliphatic carbocycles. The van der Waals surface area contributed by atoms with Gasteiger partial charge in [-0.2, -0.15) is 0 Å². The number of hydrogen-bond donors (Lipinski definition) is 4. The van der Waals surface area contributed by atoms with E-state index in [-0.39, 0.29) is 30.6 Å². The van der Waals surface area contributed by atoms with Crippen molar-refractivity contribution in [2.24, 2.45) is 5.73 Å². The normalized spacial score (nSPS) is 15.8. The second kappa shape index (κ2) is 14.9. The average Bonchev–Trinajstić information content (AvgIpc) is 3.50. The minimum absolute atomic E-state index is 0.227. The number of likely N-dealkylation sites (tertiary alicyclic amines) is 1. The summed E-state index contributed by atoms with van der Waals surface area (Å²) in [6, 6.07) is 16.2. The molecular weight excluding hydrogens is 548 g/mol. The number of nitrogens with two attached hydrogens (primary N) is 1. The van der Waals surface area contributed by atoms with E-state index in [2.05, 4.69) is 20.9 Å². The molecule has 4 rings (SSSR count). The molecule has 43 heavy (non-hydrogen) atoms. The van der Waals surface area contributed by atoms with Gasteiger partial charge in [-0.25, -0.2) is 0 Å². The van der Waals surface area contributed by atoms with Gasteiger partial charge < -0.3 is 26.6 Å². The van der Waals surface area contributed by atoms with Crippen molar-refractivity contribution in [1.82, 2.24) is 25.8 Å². The third-order valence-electron chi connectivity index (χ3n) is 7.53. The van der Waals surface area contributed by atoms with Gasteiger partial charge in [-0.15, -0.1) is 0 Å². The number of amides is 5. The largest absolute Gasteiger partial charge is 0.368 e. The summed E-state index contributed by atoms with van der Waals surface area (Å²) in [7, 11) is 0. The van der Waals surface area contributed by atoms with Crippen molar-refractivity contribution in [3.8, 4) is 0 Å². The molecule has 5 N–H and O–H groups in total. The Hall–Kier alpha value is -4.80. The lowest BCUT2D eigenvalue weighted by molar-refractivity contribution is -0.141. The van der Waals surface area contributed by atoms with Crippen molar-refractivity contribution < 1.29 is 24.0 Å². The summed E-state index contributed by atoms with van der Waals surface area (Å²) in [6.45, 7) is 2.06. The summed E-state index contributed by atoms with van der Waals surface area (Å²) >= 11 is 0. The van der Waals surface area contributed by atoms with E-state index in [4.69, 9.17) is 5.73 Å². The van der Waals surface area contributed by atoms with Crippen LogP contribution in [-0.2, 0) is 25.6 Å². The van der Waals surface area contributed by atoms with Crippen LogP contribution >= 0.6 is 0 Å². The lowest BCUT2D eigenvalue weighted by Gasteiger charge is -2.29. The highest BCUT2D eigenvalue weighted by molar-refractivity contribution is 5.94. The van der Waals surface area contributed by atoms with Crippen molar-refractivity contribution in [3.63, 3.8) is 0 Å². The fourth-order valence-corrected chi connectivity index (χ4v) is 5.38. The van der Waals surface area contributed by atoms with E-state index in [0.29, 0.717) is 44.5 Å². The average molecular weight is 587 g/mol. The zero-order chi connectivity index (χ0) is 30.8. The maximum Gasteiger partial charge on any atom is 0.269 e. The zero-order valence-corrected chi connectivity index (χ0v) is 24.3. The van der Waals surface area contributed by atoms with Crippen molar-refractivity contribution >= 4 is 40.3 Å². The predicted octanol–water partition coefficient (Wildman–Crippen LogP) is 1.84. The van der Waals surface area contributed by atoms with Gasteiger partial charge in [0.2, 0.25) is 23.6 Å². The van der Waals surface area contributed by atoms with E-state index < -0.39 is 29.9 Å². The maximum absolute atomic E-state index is 13.6. The van der Waals surface area contributed by atoms with Crippen molar-refractivity contribution in [1.29, 1.82) is 0 Å². The fourth-order valence-electron chi connectivity index (χ4n) is 5.38. The van der Waals surface area contributed by atoms with Gasteiger partial charge in [0, 0.05) is 32.6 Å². The van der Waals surface area contributed by atoms with E-state index in [9.17, 15) is 24.0 Å². The first-order chi connectivity index (χ1) is 20.7. The zero-order valence-electron chi connectivity index (χ0n) is 24.3. The molecule has 226 valence electrons. The monoisotopic (exact) mass is 586 g/mol. The highest BCUT2D eigenvalue weighted by Crippen LogP contribution is 2.20. The standard InChI is InChI=1S/C32H38N6O5/c1-21(39)36-27(20-22-14-15-23-9-2-3-10-24(23)19-22)31(42)37-26(32(43)38-18-8-13-28(38)29(33)40)12-5-7-17-35-30(41)25-11-4-6-16-34-25/h2-4,6,9-11,14-16,19,26-28H,5,7-8,12-13,17-18,20H2,1H3,(H2,33,40)(H,35,41)(H,36,39)(H,37,42)/t26-,27-,28-/m0/s1. The molecule has 0 bridgehead atoms. The number of primary amides is 1. The van der Waals surface area contributed by atoms with E-state index >= 15 is 0 Å². The number of aromatic nitrogens is 1. The molecule has 2 heterocycles. The Kier molecular flexibility index (Phi) is 10.8. The molecule has 2 aromatic carbocycles. The molecule has 0 spiro atoms. The third kappa shape index (κ3) is 8.60. The first kappa shape index (κ1) is 31.1. The molecule has 5 amide bonds. The van der Waals surface area contributed by atoms with Gasteiger partial charge in [0.25, 0.3) is 5.91 Å². The van der Waals surface area contributed by atoms with E-state index in [1.807, 2.05) is 42.5 Å². The summed E-state index contributed by atoms with van der Waals surface area (Å²) in [6.07, 6.45) is 4.19. The minimum Gasteiger partial charge on any atom is -0.368 e. The Morgan fingerprint density at radius 2 is 1.72 bits per heavy atom. The van der Waals surface area contributed by atoms with Crippen molar-refractivity contribution in [3.05, 3.63) is 78.1 Å².